The summed E-state index contributed by atoms with van der Waals surface area (Å²) in [4.78, 5) is 103. The number of alkyl carbamates (subject to hydrolysis) is 2. The molecule has 5 aromatic rings. The number of amides is 6. The number of hydrogen-bond donors (Lipinski definition) is 3. The van der Waals surface area contributed by atoms with E-state index in [0.29, 0.717) is 73.5 Å². The Hall–Kier alpha value is -9.28. The number of hydrogen-bond acceptors (Lipinski definition) is 16. The Labute approximate surface area is 522 Å². The normalized spacial score (nSPS) is 20.4. The first-order chi connectivity index (χ1) is 42.9. The van der Waals surface area contributed by atoms with Crippen LogP contribution in [0, 0.1) is 11.8 Å². The van der Waals surface area contributed by atoms with Crippen molar-refractivity contribution in [1.82, 2.24) is 40.2 Å². The van der Waals surface area contributed by atoms with Crippen molar-refractivity contribution in [2.24, 2.45) is 16.8 Å². The molecule has 7 aliphatic heterocycles. The first-order valence-electron chi connectivity index (χ1n) is 30.7. The van der Waals surface area contributed by atoms with E-state index in [4.69, 9.17) is 47.9 Å². The van der Waals surface area contributed by atoms with E-state index in [1.807, 2.05) is 107 Å². The highest BCUT2D eigenvalue weighted by atomic mass is 16.7. The number of H-pyrrole nitrogens is 1. The van der Waals surface area contributed by atoms with Gasteiger partial charge in [0.2, 0.25) is 25.4 Å². The van der Waals surface area contributed by atoms with E-state index >= 15 is 0 Å². The summed E-state index contributed by atoms with van der Waals surface area (Å²) < 4.78 is 45.8. The zero-order valence-corrected chi connectivity index (χ0v) is 52.4. The number of nitrogens with zero attached hydrogens (tertiary/aromatic N) is 6. The first-order valence-corrected chi connectivity index (χ1v) is 30.7. The molecule has 2 fully saturated rings. The van der Waals surface area contributed by atoms with Crippen LogP contribution in [0.3, 0.4) is 0 Å². The van der Waals surface area contributed by atoms with Crippen molar-refractivity contribution >= 4 is 47.5 Å². The van der Waals surface area contributed by atoms with Crippen molar-refractivity contribution in [2.75, 3.05) is 26.7 Å². The molecule has 4 aromatic carbocycles. The smallest absolute Gasteiger partial charge is 0.410 e. The van der Waals surface area contributed by atoms with E-state index in [1.54, 1.807) is 67.3 Å². The number of benzene rings is 4. The number of rotatable bonds is 13. The molecule has 0 radical (unpaired) electrons. The summed E-state index contributed by atoms with van der Waals surface area (Å²) >= 11 is 0. The van der Waals surface area contributed by atoms with Gasteiger partial charge in [-0.25, -0.2) is 24.2 Å². The molecule has 23 nitrogen and oxygen atoms in total. The summed E-state index contributed by atoms with van der Waals surface area (Å²) in [6.45, 7) is 19.8. The number of aliphatic imine (C=N–C) groups is 1. The average molecular weight is 1230 g/mol. The van der Waals surface area contributed by atoms with Gasteiger partial charge >= 0.3 is 24.4 Å². The predicted molar refractivity (Wildman–Crippen MR) is 329 cm³/mol. The highest BCUT2D eigenvalue weighted by Gasteiger charge is 2.47. The molecule has 3 N–H and O–H groups in total. The van der Waals surface area contributed by atoms with Gasteiger partial charge in [0, 0.05) is 57.4 Å². The number of imidazole rings is 1. The SMILES string of the molecule is CC(C)[C@H](NC(=O)OC(C)(C)C)C(=O)N1C[C@H](OC(=O)N2Cc3cc4c(cc3C2)OCO4)CC1C1=NC=C(c2ccc(-c3ccc(-c4cnc([C@@H]5C[C@@H](OC(=O)N6Cc7cc8c(cc7C6)OCO8)CN5C(=O)[C@@H](NC(=O)OC(C)(C)C)C(C)C)[nH]4)cc3)cc2)C1. The van der Waals surface area contributed by atoms with Crippen LogP contribution in [0.2, 0.25) is 0 Å². The minimum atomic E-state index is -0.948. The summed E-state index contributed by atoms with van der Waals surface area (Å²) in [6, 6.07) is 20.8. The minimum absolute atomic E-state index is 0.0697. The summed E-state index contributed by atoms with van der Waals surface area (Å²) in [5.74, 6) is 1.77. The van der Waals surface area contributed by atoms with Crippen LogP contribution >= 0.6 is 0 Å². The van der Waals surface area contributed by atoms with Crippen LogP contribution < -0.4 is 29.6 Å². The first kappa shape index (κ1) is 61.0. The molecule has 0 bridgehead atoms. The molecule has 7 aliphatic rings. The zero-order valence-electron chi connectivity index (χ0n) is 52.4. The number of carbonyl (C=O) groups is 6. The lowest BCUT2D eigenvalue weighted by Crippen LogP contribution is -2.54. The molecule has 0 spiro atoms. The van der Waals surface area contributed by atoms with Crippen molar-refractivity contribution in [3.63, 3.8) is 0 Å². The number of aromatic nitrogens is 2. The zero-order chi connectivity index (χ0) is 63.5. The number of aromatic amines is 1. The third-order valence-corrected chi connectivity index (χ3v) is 17.0. The quantitative estimate of drug-likeness (QED) is 0.0927. The van der Waals surface area contributed by atoms with E-state index in [9.17, 15) is 28.8 Å². The Balaban J connectivity index is 0.711. The fourth-order valence-corrected chi connectivity index (χ4v) is 12.5. The van der Waals surface area contributed by atoms with E-state index < -0.39 is 72.0 Å². The third kappa shape index (κ3) is 13.1. The molecular formula is C67H77N9O14. The van der Waals surface area contributed by atoms with Crippen molar-refractivity contribution in [3.8, 4) is 45.4 Å². The van der Waals surface area contributed by atoms with Gasteiger partial charge in [-0.3, -0.25) is 24.4 Å². The Morgan fingerprint density at radius 2 is 0.967 bits per heavy atom. The second-order valence-electron chi connectivity index (χ2n) is 26.7. The van der Waals surface area contributed by atoms with Crippen molar-refractivity contribution in [2.45, 2.75) is 162 Å². The molecule has 90 heavy (non-hydrogen) atoms. The molecule has 474 valence electrons. The largest absolute Gasteiger partial charge is 0.454 e. The fourth-order valence-electron chi connectivity index (χ4n) is 12.5. The summed E-state index contributed by atoms with van der Waals surface area (Å²) in [5.41, 5.74) is 8.37. The van der Waals surface area contributed by atoms with Gasteiger partial charge in [-0.15, -0.1) is 0 Å². The van der Waals surface area contributed by atoms with Crippen LogP contribution in [-0.4, -0.2) is 140 Å². The Bertz CT molecular complexity index is 3630. The summed E-state index contributed by atoms with van der Waals surface area (Å²) in [7, 11) is 0. The van der Waals surface area contributed by atoms with Gasteiger partial charge in [-0.2, -0.15) is 0 Å². The van der Waals surface area contributed by atoms with E-state index in [1.165, 1.54) is 0 Å². The summed E-state index contributed by atoms with van der Waals surface area (Å²) in [6.07, 6.45) is 0.791. The topological polar surface area (TPSA) is 254 Å². The van der Waals surface area contributed by atoms with Crippen LogP contribution in [0.4, 0.5) is 19.2 Å². The van der Waals surface area contributed by atoms with Crippen molar-refractivity contribution < 1.29 is 66.7 Å². The van der Waals surface area contributed by atoms with Crippen LogP contribution in [0.1, 0.15) is 128 Å². The molecule has 1 unspecified atom stereocenters. The summed E-state index contributed by atoms with van der Waals surface area (Å²) in [5, 5.41) is 5.61. The lowest BCUT2D eigenvalue weighted by atomic mass is 9.95. The number of allylic oxidation sites excluding steroid dienone is 1. The van der Waals surface area contributed by atoms with Crippen molar-refractivity contribution in [1.29, 1.82) is 0 Å². The monoisotopic (exact) mass is 1230 g/mol. The van der Waals surface area contributed by atoms with Gasteiger partial charge in [-0.05, 0) is 128 Å². The molecular weight excluding hydrogens is 1150 g/mol. The fraction of sp³-hybridized carbons (Fsp3) is 0.463. The van der Waals surface area contributed by atoms with E-state index in [2.05, 4.69) is 15.6 Å². The number of ether oxygens (including phenoxy) is 8. The van der Waals surface area contributed by atoms with Crippen molar-refractivity contribution in [3.05, 3.63) is 119 Å². The van der Waals surface area contributed by atoms with Gasteiger partial charge in [0.15, 0.2) is 23.0 Å². The number of nitrogens with one attached hydrogen (secondary N) is 3. The number of carbonyl (C=O) groups excluding carboxylic acids is 6. The molecule has 6 atom stereocenters. The van der Waals surface area contributed by atoms with E-state index in [-0.39, 0.29) is 56.7 Å². The van der Waals surface area contributed by atoms with Crippen LogP contribution in [-0.2, 0) is 54.7 Å². The Kier molecular flexibility index (Phi) is 16.4. The standard InChI is InChI=1S/C67H77N9O14/c1-36(2)57(71-62(79)89-66(5,6)7)60(77)75-32-47(87-64(81)73-28-43-20-53-54(84-34-83-53)21-44(43)29-73)24-51(75)49-19-42(26-68-49)40-13-11-38(12-14-40)39-15-17-41(18-16-39)50-27-69-59(70-50)52-25-48(33-76(52)61(78)58(37(3)4)72-63(80)90-67(8,9)10)88-65(82)74-30-45-22-55-56(86-35-85-55)23-46(45)31-74/h11-18,20-23,26-27,36-37,47-48,51-52,57-58H,19,24-25,28-35H2,1-10H3,(H,69,70)(H,71,79)(H,72,80)/t47-,48-,51?,52+,57+,58+/m1/s1. The maximum absolute atomic E-state index is 14.7. The number of fused-ring (bicyclic) bond motifs is 4. The predicted octanol–water partition coefficient (Wildman–Crippen LogP) is 10.4. The van der Waals surface area contributed by atoms with Crippen LogP contribution in [0.5, 0.6) is 23.0 Å². The molecule has 2 saturated heterocycles. The molecule has 23 heteroatoms. The Morgan fingerprint density at radius 3 is 1.39 bits per heavy atom. The molecule has 1 aromatic heterocycles. The Morgan fingerprint density at radius 1 is 0.567 bits per heavy atom. The maximum atomic E-state index is 14.7. The highest BCUT2D eigenvalue weighted by molar-refractivity contribution is 6.04. The van der Waals surface area contributed by atoms with E-state index in [0.717, 1.165) is 55.8 Å². The second kappa shape index (κ2) is 24.3. The van der Waals surface area contributed by atoms with Gasteiger partial charge in [0.05, 0.1) is 37.1 Å². The van der Waals surface area contributed by atoms with Gasteiger partial charge in [-0.1, -0.05) is 76.2 Å². The van der Waals surface area contributed by atoms with Gasteiger partial charge < -0.3 is 63.3 Å². The second-order valence-corrected chi connectivity index (χ2v) is 26.7. The molecule has 12 rings (SSSR count). The van der Waals surface area contributed by atoms with Gasteiger partial charge in [0.25, 0.3) is 0 Å². The molecule has 0 saturated carbocycles. The lowest BCUT2D eigenvalue weighted by molar-refractivity contribution is -0.136. The third-order valence-electron chi connectivity index (χ3n) is 17.0. The van der Waals surface area contributed by atoms with Crippen LogP contribution in [0.25, 0.3) is 28.0 Å². The molecule has 8 heterocycles. The number of likely N-dealkylation sites (tertiary alicyclic amines) is 2. The molecule has 6 amide bonds. The van der Waals surface area contributed by atoms with Crippen LogP contribution in [0.15, 0.2) is 90.2 Å². The molecule has 0 aliphatic carbocycles. The average Bonchev–Trinajstić information content (AvgIpc) is 1.73. The van der Waals surface area contributed by atoms with Gasteiger partial charge in [0.1, 0.15) is 41.3 Å². The highest BCUT2D eigenvalue weighted by Crippen LogP contribution is 2.42. The minimum Gasteiger partial charge on any atom is -0.454 e. The lowest BCUT2D eigenvalue weighted by Gasteiger charge is -2.31. The maximum Gasteiger partial charge on any atom is 0.410 e.